The summed E-state index contributed by atoms with van der Waals surface area (Å²) < 4.78 is 8.63. The minimum absolute atomic E-state index is 0.0470. The number of nitrogens with zero attached hydrogens (tertiary/aromatic N) is 3. The van der Waals surface area contributed by atoms with Gasteiger partial charge >= 0.3 is 0 Å². The molecule has 1 aromatic heterocycles. The van der Waals surface area contributed by atoms with Crippen LogP contribution in [0.3, 0.4) is 0 Å². The number of ether oxygens (including phenoxy) is 1. The SMILES string of the molecule is Cc1cc(Br)ccc1-c1ncn(C2CCCCO2)n1. The molecule has 1 aromatic carbocycles. The molecule has 3 rings (SSSR count). The molecule has 1 fully saturated rings. The maximum atomic E-state index is 5.72. The molecule has 0 N–H and O–H groups in total. The van der Waals surface area contributed by atoms with Crippen molar-refractivity contribution in [2.45, 2.75) is 32.4 Å². The van der Waals surface area contributed by atoms with Gasteiger partial charge in [-0.05, 0) is 49.9 Å². The van der Waals surface area contributed by atoms with E-state index < -0.39 is 0 Å². The fraction of sp³-hybridized carbons (Fsp3) is 0.429. The van der Waals surface area contributed by atoms with Crippen molar-refractivity contribution in [2.24, 2.45) is 0 Å². The minimum Gasteiger partial charge on any atom is -0.356 e. The highest BCUT2D eigenvalue weighted by Gasteiger charge is 2.18. The van der Waals surface area contributed by atoms with E-state index in [9.17, 15) is 0 Å². The lowest BCUT2D eigenvalue weighted by Gasteiger charge is -2.22. The van der Waals surface area contributed by atoms with Gasteiger partial charge in [-0.3, -0.25) is 0 Å². The van der Waals surface area contributed by atoms with Gasteiger partial charge in [0.25, 0.3) is 0 Å². The minimum atomic E-state index is 0.0470. The molecule has 0 aliphatic carbocycles. The van der Waals surface area contributed by atoms with Crippen LogP contribution in [0, 0.1) is 6.92 Å². The molecule has 5 heteroatoms. The summed E-state index contributed by atoms with van der Waals surface area (Å²) in [5.41, 5.74) is 2.23. The number of aryl methyl sites for hydroxylation is 1. The smallest absolute Gasteiger partial charge is 0.181 e. The Hall–Kier alpha value is -1.20. The van der Waals surface area contributed by atoms with E-state index in [2.05, 4.69) is 39.0 Å². The first-order chi connectivity index (χ1) is 9.24. The van der Waals surface area contributed by atoms with Crippen LogP contribution in [0.4, 0.5) is 0 Å². The molecule has 1 aliphatic rings. The number of halogens is 1. The summed E-state index contributed by atoms with van der Waals surface area (Å²) in [5, 5.41) is 4.56. The molecule has 100 valence electrons. The summed E-state index contributed by atoms with van der Waals surface area (Å²) in [6, 6.07) is 6.13. The predicted octanol–water partition coefficient (Wildman–Crippen LogP) is 3.72. The third-order valence-corrected chi connectivity index (χ3v) is 3.88. The van der Waals surface area contributed by atoms with Gasteiger partial charge in [0.05, 0.1) is 0 Å². The van der Waals surface area contributed by atoms with Gasteiger partial charge in [0.1, 0.15) is 6.33 Å². The molecule has 1 aliphatic heterocycles. The monoisotopic (exact) mass is 321 g/mol. The standard InChI is InChI=1S/C14H16BrN3O/c1-10-8-11(15)5-6-12(10)14-16-9-18(17-14)13-4-2-3-7-19-13/h5-6,8-9,13H,2-4,7H2,1H3. The summed E-state index contributed by atoms with van der Waals surface area (Å²) in [6.45, 7) is 2.88. The van der Waals surface area contributed by atoms with Crippen molar-refractivity contribution >= 4 is 15.9 Å². The Bertz CT molecular complexity index is 576. The van der Waals surface area contributed by atoms with Gasteiger partial charge in [0.2, 0.25) is 0 Å². The number of aromatic nitrogens is 3. The Morgan fingerprint density at radius 3 is 3.00 bits per heavy atom. The van der Waals surface area contributed by atoms with Crippen molar-refractivity contribution in [2.75, 3.05) is 6.61 Å². The van der Waals surface area contributed by atoms with E-state index in [1.807, 2.05) is 16.8 Å². The molecule has 2 aromatic rings. The zero-order valence-corrected chi connectivity index (χ0v) is 12.4. The molecule has 2 heterocycles. The van der Waals surface area contributed by atoms with E-state index in [1.54, 1.807) is 6.33 Å². The predicted molar refractivity (Wildman–Crippen MR) is 76.7 cm³/mol. The van der Waals surface area contributed by atoms with Gasteiger partial charge < -0.3 is 4.74 Å². The first-order valence-corrected chi connectivity index (χ1v) is 7.32. The zero-order valence-electron chi connectivity index (χ0n) is 10.8. The summed E-state index contributed by atoms with van der Waals surface area (Å²) >= 11 is 3.47. The van der Waals surface area contributed by atoms with E-state index >= 15 is 0 Å². The Morgan fingerprint density at radius 1 is 1.37 bits per heavy atom. The first-order valence-electron chi connectivity index (χ1n) is 6.53. The maximum Gasteiger partial charge on any atom is 0.181 e. The lowest BCUT2D eigenvalue weighted by atomic mass is 10.1. The largest absolute Gasteiger partial charge is 0.356 e. The van der Waals surface area contributed by atoms with Crippen LogP contribution in [0.25, 0.3) is 11.4 Å². The fourth-order valence-electron chi connectivity index (χ4n) is 2.35. The van der Waals surface area contributed by atoms with Crippen molar-refractivity contribution in [3.05, 3.63) is 34.6 Å². The Balaban J connectivity index is 1.87. The van der Waals surface area contributed by atoms with Crippen LogP contribution in [0.5, 0.6) is 0 Å². The van der Waals surface area contributed by atoms with Crippen molar-refractivity contribution in [1.82, 2.24) is 14.8 Å². The van der Waals surface area contributed by atoms with Crippen LogP contribution in [0.2, 0.25) is 0 Å². The number of benzene rings is 1. The Kier molecular flexibility index (Phi) is 3.66. The van der Waals surface area contributed by atoms with Crippen molar-refractivity contribution in [3.63, 3.8) is 0 Å². The normalized spacial score (nSPS) is 19.6. The second kappa shape index (κ2) is 5.43. The van der Waals surface area contributed by atoms with Crippen LogP contribution in [0.1, 0.15) is 31.1 Å². The lowest BCUT2D eigenvalue weighted by Crippen LogP contribution is -2.18. The van der Waals surface area contributed by atoms with Gasteiger partial charge in [-0.2, -0.15) is 0 Å². The molecular weight excluding hydrogens is 306 g/mol. The van der Waals surface area contributed by atoms with Crippen LogP contribution in [0.15, 0.2) is 29.0 Å². The van der Waals surface area contributed by atoms with Crippen LogP contribution >= 0.6 is 15.9 Å². The lowest BCUT2D eigenvalue weighted by molar-refractivity contribution is -0.0395. The average molecular weight is 322 g/mol. The average Bonchev–Trinajstić information content (AvgIpc) is 2.89. The number of rotatable bonds is 2. The number of hydrogen-bond donors (Lipinski definition) is 0. The van der Waals surface area contributed by atoms with Crippen LogP contribution < -0.4 is 0 Å². The highest BCUT2D eigenvalue weighted by molar-refractivity contribution is 9.10. The van der Waals surface area contributed by atoms with Crippen LogP contribution in [-0.4, -0.2) is 21.4 Å². The molecule has 1 saturated heterocycles. The van der Waals surface area contributed by atoms with Crippen molar-refractivity contribution < 1.29 is 4.74 Å². The molecule has 0 bridgehead atoms. The van der Waals surface area contributed by atoms with Gasteiger partial charge in [-0.25, -0.2) is 9.67 Å². The van der Waals surface area contributed by atoms with Gasteiger partial charge in [0.15, 0.2) is 12.1 Å². The molecule has 4 nitrogen and oxygen atoms in total. The van der Waals surface area contributed by atoms with E-state index in [0.717, 1.165) is 40.9 Å². The third kappa shape index (κ3) is 2.72. The topological polar surface area (TPSA) is 39.9 Å². The molecule has 0 amide bonds. The second-order valence-electron chi connectivity index (χ2n) is 4.83. The first kappa shape index (κ1) is 12.8. The van der Waals surface area contributed by atoms with E-state index in [1.165, 1.54) is 6.42 Å². The number of hydrogen-bond acceptors (Lipinski definition) is 3. The third-order valence-electron chi connectivity index (χ3n) is 3.39. The molecule has 0 spiro atoms. The molecule has 1 unspecified atom stereocenters. The van der Waals surface area contributed by atoms with Crippen molar-refractivity contribution in [1.29, 1.82) is 0 Å². The van der Waals surface area contributed by atoms with Gasteiger partial charge in [-0.1, -0.05) is 15.9 Å². The molecular formula is C14H16BrN3O. The van der Waals surface area contributed by atoms with E-state index in [4.69, 9.17) is 4.74 Å². The summed E-state index contributed by atoms with van der Waals surface area (Å²) in [7, 11) is 0. The molecule has 0 radical (unpaired) electrons. The summed E-state index contributed by atoms with van der Waals surface area (Å²) in [6.07, 6.45) is 5.17. The molecule has 0 saturated carbocycles. The Labute approximate surface area is 120 Å². The van der Waals surface area contributed by atoms with Gasteiger partial charge in [0, 0.05) is 16.6 Å². The van der Waals surface area contributed by atoms with Gasteiger partial charge in [-0.15, -0.1) is 5.10 Å². The second-order valence-corrected chi connectivity index (χ2v) is 5.74. The molecule has 19 heavy (non-hydrogen) atoms. The van der Waals surface area contributed by atoms with E-state index in [-0.39, 0.29) is 6.23 Å². The quantitative estimate of drug-likeness (QED) is 0.846. The van der Waals surface area contributed by atoms with Crippen molar-refractivity contribution in [3.8, 4) is 11.4 Å². The maximum absolute atomic E-state index is 5.72. The fourth-order valence-corrected chi connectivity index (χ4v) is 2.82. The van der Waals surface area contributed by atoms with E-state index in [0.29, 0.717) is 0 Å². The summed E-state index contributed by atoms with van der Waals surface area (Å²) in [4.78, 5) is 4.41. The highest BCUT2D eigenvalue weighted by Crippen LogP contribution is 2.26. The zero-order chi connectivity index (χ0) is 13.2. The summed E-state index contributed by atoms with van der Waals surface area (Å²) in [5.74, 6) is 0.763. The van der Waals surface area contributed by atoms with Crippen LogP contribution in [-0.2, 0) is 4.74 Å². The molecule has 1 atom stereocenters. The Morgan fingerprint density at radius 2 is 2.26 bits per heavy atom. The highest BCUT2D eigenvalue weighted by atomic mass is 79.9.